The highest BCUT2D eigenvalue weighted by Crippen LogP contribution is 2.36. The first-order chi connectivity index (χ1) is 11.5. The van der Waals surface area contributed by atoms with Crippen LogP contribution in [0, 0.1) is 6.92 Å². The second-order valence-corrected chi connectivity index (χ2v) is 7.25. The first kappa shape index (κ1) is 16.9. The number of likely N-dealkylation sites (tertiary alicyclic amines) is 1. The first-order valence-corrected chi connectivity index (χ1v) is 9.22. The third kappa shape index (κ3) is 3.02. The average molecular weight is 322 g/mol. The normalized spacial score (nSPS) is 21.9. The van der Waals surface area contributed by atoms with Gasteiger partial charge in [-0.05, 0) is 56.7 Å². The minimum atomic E-state index is 0.174. The summed E-state index contributed by atoms with van der Waals surface area (Å²) < 4.78 is 2.36. The summed E-state index contributed by atoms with van der Waals surface area (Å²) in [5.41, 5.74) is 5.32. The molecule has 0 aliphatic carbocycles. The largest absolute Gasteiger partial charge is 0.368 e. The van der Waals surface area contributed by atoms with Gasteiger partial charge in [-0.3, -0.25) is 0 Å². The van der Waals surface area contributed by atoms with E-state index in [0.29, 0.717) is 12.1 Å². The van der Waals surface area contributed by atoms with Gasteiger partial charge < -0.3 is 9.47 Å². The highest BCUT2D eigenvalue weighted by atomic mass is 15.2. The van der Waals surface area contributed by atoms with E-state index in [2.05, 4.69) is 86.5 Å². The Hall–Kier alpha value is -1.96. The summed E-state index contributed by atoms with van der Waals surface area (Å²) in [6.45, 7) is 13.7. The molecule has 3 atom stereocenters. The van der Waals surface area contributed by atoms with Gasteiger partial charge in [0, 0.05) is 30.2 Å². The zero-order chi connectivity index (χ0) is 17.3. The van der Waals surface area contributed by atoms with Gasteiger partial charge >= 0.3 is 0 Å². The summed E-state index contributed by atoms with van der Waals surface area (Å²) in [6, 6.07) is 12.1. The molecule has 24 heavy (non-hydrogen) atoms. The summed E-state index contributed by atoms with van der Waals surface area (Å²) in [4.78, 5) is 2.54. The van der Waals surface area contributed by atoms with Crippen LogP contribution in [0.25, 0.3) is 0 Å². The maximum absolute atomic E-state index is 4.56. The molecule has 1 aromatic heterocycles. The van der Waals surface area contributed by atoms with Gasteiger partial charge in [0.05, 0.1) is 6.04 Å². The minimum Gasteiger partial charge on any atom is -0.368 e. The van der Waals surface area contributed by atoms with Crippen molar-refractivity contribution >= 4 is 0 Å². The number of aryl methyl sites for hydroxylation is 2. The molecule has 3 rings (SSSR count). The van der Waals surface area contributed by atoms with Gasteiger partial charge in [0.2, 0.25) is 0 Å². The Morgan fingerprint density at radius 3 is 2.29 bits per heavy atom. The molecule has 1 aliphatic rings. The topological polar surface area (TPSA) is 8.17 Å². The number of nitrogens with zero attached hydrogens (tertiary/aromatic N) is 2. The van der Waals surface area contributed by atoms with E-state index >= 15 is 0 Å². The molecule has 2 aromatic rings. The van der Waals surface area contributed by atoms with Gasteiger partial charge in [0.25, 0.3) is 0 Å². The van der Waals surface area contributed by atoms with Crippen molar-refractivity contribution in [1.82, 2.24) is 9.47 Å². The maximum atomic E-state index is 4.56. The lowest BCUT2D eigenvalue weighted by Crippen LogP contribution is -2.35. The number of allylic oxidation sites excluding steroid dienone is 1. The molecule has 0 amide bonds. The lowest BCUT2D eigenvalue weighted by Gasteiger charge is -2.36. The Morgan fingerprint density at radius 1 is 1.12 bits per heavy atom. The monoisotopic (exact) mass is 322 g/mol. The third-order valence-corrected chi connectivity index (χ3v) is 5.55. The summed E-state index contributed by atoms with van der Waals surface area (Å²) in [6.07, 6.45) is 8.18. The Balaban J connectivity index is 2.03. The Kier molecular flexibility index (Phi) is 4.84. The second kappa shape index (κ2) is 6.88. The number of hydrogen-bond donors (Lipinski definition) is 0. The highest BCUT2D eigenvalue weighted by molar-refractivity contribution is 5.32. The SMILES string of the molecule is C=C(C(c1ccccc1)n1cc(C)c(CC)c1)N1C(C)CCC1C. The average Bonchev–Trinajstić information content (AvgIpc) is 3.10. The number of rotatable bonds is 5. The van der Waals surface area contributed by atoms with Crippen LogP contribution in [0.3, 0.4) is 0 Å². The van der Waals surface area contributed by atoms with E-state index in [1.54, 1.807) is 0 Å². The summed E-state index contributed by atoms with van der Waals surface area (Å²) in [5, 5.41) is 0. The van der Waals surface area contributed by atoms with Crippen LogP contribution in [0.2, 0.25) is 0 Å². The summed E-state index contributed by atoms with van der Waals surface area (Å²) >= 11 is 0. The van der Waals surface area contributed by atoms with E-state index in [0.717, 1.165) is 6.42 Å². The molecule has 0 N–H and O–H groups in total. The van der Waals surface area contributed by atoms with Crippen molar-refractivity contribution in [2.75, 3.05) is 0 Å². The standard InChI is InChI=1S/C22H30N2/c1-6-20-15-23(14-16(20)2)22(21-10-8-7-9-11-21)19(5)24-17(3)12-13-18(24)4/h7-11,14-15,17-18,22H,5-6,12-13H2,1-4H3. The molecule has 0 bridgehead atoms. The maximum Gasteiger partial charge on any atom is 0.0974 e. The zero-order valence-corrected chi connectivity index (χ0v) is 15.5. The molecular formula is C22H30N2. The Bertz CT molecular complexity index is 688. The highest BCUT2D eigenvalue weighted by Gasteiger charge is 2.32. The van der Waals surface area contributed by atoms with Crippen LogP contribution in [0.5, 0.6) is 0 Å². The first-order valence-electron chi connectivity index (χ1n) is 9.22. The molecule has 0 spiro atoms. The van der Waals surface area contributed by atoms with E-state index in [4.69, 9.17) is 0 Å². The van der Waals surface area contributed by atoms with Gasteiger partial charge in [-0.25, -0.2) is 0 Å². The Morgan fingerprint density at radius 2 is 1.75 bits per heavy atom. The predicted octanol–water partition coefficient (Wildman–Crippen LogP) is 5.33. The van der Waals surface area contributed by atoms with E-state index in [9.17, 15) is 0 Å². The predicted molar refractivity (Wildman–Crippen MR) is 102 cm³/mol. The molecule has 128 valence electrons. The fourth-order valence-corrected chi connectivity index (χ4v) is 4.22. The molecule has 1 aliphatic heterocycles. The van der Waals surface area contributed by atoms with Crippen molar-refractivity contribution in [3.63, 3.8) is 0 Å². The van der Waals surface area contributed by atoms with E-state index < -0.39 is 0 Å². The fraction of sp³-hybridized carbons (Fsp3) is 0.455. The van der Waals surface area contributed by atoms with Gasteiger partial charge in [-0.2, -0.15) is 0 Å². The number of aromatic nitrogens is 1. The smallest absolute Gasteiger partial charge is 0.0974 e. The third-order valence-electron chi connectivity index (χ3n) is 5.55. The van der Waals surface area contributed by atoms with E-state index in [1.165, 1.54) is 35.2 Å². The van der Waals surface area contributed by atoms with E-state index in [1.807, 2.05) is 0 Å². The van der Waals surface area contributed by atoms with Crippen LogP contribution < -0.4 is 0 Å². The quantitative estimate of drug-likeness (QED) is 0.722. The molecule has 1 fully saturated rings. The van der Waals surface area contributed by atoms with Crippen molar-refractivity contribution in [1.29, 1.82) is 0 Å². The number of hydrogen-bond acceptors (Lipinski definition) is 1. The van der Waals surface area contributed by atoms with Crippen LogP contribution in [0.1, 0.15) is 56.3 Å². The van der Waals surface area contributed by atoms with Crippen LogP contribution >= 0.6 is 0 Å². The van der Waals surface area contributed by atoms with Crippen molar-refractivity contribution < 1.29 is 0 Å². The van der Waals surface area contributed by atoms with Gasteiger partial charge in [0.15, 0.2) is 0 Å². The lowest BCUT2D eigenvalue weighted by molar-refractivity contribution is 0.254. The molecule has 0 radical (unpaired) electrons. The molecule has 0 saturated carbocycles. The van der Waals surface area contributed by atoms with E-state index in [-0.39, 0.29) is 6.04 Å². The van der Waals surface area contributed by atoms with Crippen LogP contribution in [0.15, 0.2) is 55.0 Å². The van der Waals surface area contributed by atoms with Gasteiger partial charge in [-0.15, -0.1) is 0 Å². The van der Waals surface area contributed by atoms with Crippen molar-refractivity contribution in [2.45, 2.75) is 65.1 Å². The molecule has 3 unspecified atom stereocenters. The van der Waals surface area contributed by atoms with Gasteiger partial charge in [-0.1, -0.05) is 43.8 Å². The van der Waals surface area contributed by atoms with Crippen LogP contribution in [0.4, 0.5) is 0 Å². The second-order valence-electron chi connectivity index (χ2n) is 7.25. The van der Waals surface area contributed by atoms with Crippen molar-refractivity contribution in [2.24, 2.45) is 0 Å². The van der Waals surface area contributed by atoms with Gasteiger partial charge in [0.1, 0.15) is 0 Å². The molecular weight excluding hydrogens is 292 g/mol. The molecule has 1 saturated heterocycles. The van der Waals surface area contributed by atoms with Crippen LogP contribution in [-0.4, -0.2) is 21.6 Å². The number of benzene rings is 1. The summed E-state index contributed by atoms with van der Waals surface area (Å²) in [7, 11) is 0. The van der Waals surface area contributed by atoms with Crippen molar-refractivity contribution in [3.8, 4) is 0 Å². The van der Waals surface area contributed by atoms with Crippen LogP contribution in [-0.2, 0) is 6.42 Å². The van der Waals surface area contributed by atoms with Crippen molar-refractivity contribution in [3.05, 3.63) is 71.7 Å². The lowest BCUT2D eigenvalue weighted by atomic mass is 10.0. The molecule has 2 heteroatoms. The Labute approximate surface area is 146 Å². The molecule has 2 heterocycles. The minimum absolute atomic E-state index is 0.174. The molecule has 2 nitrogen and oxygen atoms in total. The molecule has 1 aromatic carbocycles. The zero-order valence-electron chi connectivity index (χ0n) is 15.5. The fourth-order valence-electron chi connectivity index (χ4n) is 4.22. The summed E-state index contributed by atoms with van der Waals surface area (Å²) in [5.74, 6) is 0.